The van der Waals surface area contributed by atoms with Crippen LogP contribution >= 0.6 is 11.6 Å². The molecule has 7 nitrogen and oxygen atoms in total. The van der Waals surface area contributed by atoms with Gasteiger partial charge in [-0.05, 0) is 6.92 Å². The van der Waals surface area contributed by atoms with Gasteiger partial charge in [-0.1, -0.05) is 11.6 Å². The number of rotatable bonds is 1. The summed E-state index contributed by atoms with van der Waals surface area (Å²) in [5, 5.41) is 19.0. The zero-order valence-electron chi connectivity index (χ0n) is 8.83. The molecule has 0 radical (unpaired) electrons. The Labute approximate surface area is 100 Å². The predicted octanol–water partition coefficient (Wildman–Crippen LogP) is -1.17. The van der Waals surface area contributed by atoms with Crippen LogP contribution in [0.2, 0.25) is 5.02 Å². The minimum absolute atomic E-state index is 0.200. The van der Waals surface area contributed by atoms with Crippen LogP contribution in [-0.2, 0) is 4.74 Å². The number of nitrogens with one attached hydrogen (secondary N) is 1. The van der Waals surface area contributed by atoms with Crippen molar-refractivity contribution in [3.8, 4) is 0 Å². The van der Waals surface area contributed by atoms with Gasteiger partial charge in [0.15, 0.2) is 6.23 Å². The third-order valence-electron chi connectivity index (χ3n) is 2.68. The molecule has 1 aromatic heterocycles. The summed E-state index contributed by atoms with van der Waals surface area (Å²) in [6.45, 7) is 1.56. The molecule has 1 fully saturated rings. The summed E-state index contributed by atoms with van der Waals surface area (Å²) in [7, 11) is 0. The minimum atomic E-state index is -1.26. The average molecular weight is 263 g/mol. The molecule has 3 N–H and O–H groups in total. The monoisotopic (exact) mass is 262 g/mol. The maximum Gasteiger partial charge on any atom is 0.330 e. The second kappa shape index (κ2) is 4.26. The molecule has 17 heavy (non-hydrogen) atoms. The van der Waals surface area contributed by atoms with E-state index in [2.05, 4.69) is 0 Å². The van der Waals surface area contributed by atoms with Crippen LogP contribution in [0.15, 0.2) is 15.8 Å². The van der Waals surface area contributed by atoms with Gasteiger partial charge in [-0.3, -0.25) is 14.3 Å². The van der Waals surface area contributed by atoms with Crippen molar-refractivity contribution in [1.29, 1.82) is 0 Å². The van der Waals surface area contributed by atoms with Crippen molar-refractivity contribution in [2.75, 3.05) is 0 Å². The van der Waals surface area contributed by atoms with Crippen molar-refractivity contribution in [3.63, 3.8) is 0 Å². The molecule has 8 heteroatoms. The summed E-state index contributed by atoms with van der Waals surface area (Å²) in [4.78, 5) is 24.6. The molecule has 2 heterocycles. The molecule has 0 unspecified atom stereocenters. The number of aromatic amines is 1. The van der Waals surface area contributed by atoms with Crippen molar-refractivity contribution in [2.24, 2.45) is 0 Å². The van der Waals surface area contributed by atoms with Crippen LogP contribution in [0.1, 0.15) is 13.2 Å². The number of halogens is 1. The van der Waals surface area contributed by atoms with E-state index < -0.39 is 35.8 Å². The lowest BCUT2D eigenvalue weighted by molar-refractivity contribution is -0.0351. The van der Waals surface area contributed by atoms with E-state index in [1.54, 1.807) is 6.92 Å². The summed E-state index contributed by atoms with van der Waals surface area (Å²) in [6.07, 6.45) is -2.97. The fourth-order valence-corrected chi connectivity index (χ4v) is 1.86. The van der Waals surface area contributed by atoms with Crippen molar-refractivity contribution < 1.29 is 14.9 Å². The van der Waals surface area contributed by atoms with E-state index >= 15 is 0 Å². The second-order valence-electron chi connectivity index (χ2n) is 3.86. The highest BCUT2D eigenvalue weighted by atomic mass is 35.5. The molecule has 94 valence electrons. The van der Waals surface area contributed by atoms with Crippen molar-refractivity contribution in [2.45, 2.75) is 31.5 Å². The summed E-state index contributed by atoms with van der Waals surface area (Å²) >= 11 is 5.58. The third-order valence-corrected chi connectivity index (χ3v) is 2.94. The summed E-state index contributed by atoms with van der Waals surface area (Å²) in [6, 6.07) is 0. The molecule has 1 aliphatic rings. The van der Waals surface area contributed by atoms with Crippen LogP contribution in [0, 0.1) is 0 Å². The van der Waals surface area contributed by atoms with E-state index in [1.165, 1.54) is 0 Å². The van der Waals surface area contributed by atoms with Gasteiger partial charge in [0.25, 0.3) is 5.56 Å². The number of hydrogen-bond donors (Lipinski definition) is 3. The van der Waals surface area contributed by atoms with Crippen LogP contribution < -0.4 is 11.2 Å². The second-order valence-corrected chi connectivity index (χ2v) is 4.26. The number of hydrogen-bond acceptors (Lipinski definition) is 5. The first-order valence-corrected chi connectivity index (χ1v) is 5.32. The van der Waals surface area contributed by atoms with E-state index in [1.807, 2.05) is 4.98 Å². The number of aliphatic hydroxyl groups excluding tert-OH is 2. The number of aliphatic hydroxyl groups is 2. The molecule has 1 aromatic rings. The third kappa shape index (κ3) is 2.02. The molecule has 0 amide bonds. The van der Waals surface area contributed by atoms with Crippen LogP contribution in [-0.4, -0.2) is 38.1 Å². The van der Waals surface area contributed by atoms with Crippen molar-refractivity contribution in [3.05, 3.63) is 32.1 Å². The quantitative estimate of drug-likeness (QED) is 0.591. The SMILES string of the molecule is C[C@H]1O[C@@H](n2cc(Cl)c(=O)[nH]c2=O)[C@H](O)[C@H]1O. The van der Waals surface area contributed by atoms with Crippen molar-refractivity contribution in [1.82, 2.24) is 9.55 Å². The first-order valence-electron chi connectivity index (χ1n) is 4.94. The minimum Gasteiger partial charge on any atom is -0.388 e. The Morgan fingerprint density at radius 1 is 1.41 bits per heavy atom. The largest absolute Gasteiger partial charge is 0.388 e. The van der Waals surface area contributed by atoms with E-state index in [-0.39, 0.29) is 5.02 Å². The zero-order valence-corrected chi connectivity index (χ0v) is 9.59. The Morgan fingerprint density at radius 3 is 2.59 bits per heavy atom. The Morgan fingerprint density at radius 2 is 2.06 bits per heavy atom. The van der Waals surface area contributed by atoms with Gasteiger partial charge in [-0.25, -0.2) is 4.79 Å². The van der Waals surface area contributed by atoms with E-state index in [9.17, 15) is 19.8 Å². The van der Waals surface area contributed by atoms with Crippen LogP contribution in [0.4, 0.5) is 0 Å². The van der Waals surface area contributed by atoms with Gasteiger partial charge in [0, 0.05) is 6.20 Å². The lowest BCUT2D eigenvalue weighted by Crippen LogP contribution is -2.37. The molecule has 1 saturated heterocycles. The fraction of sp³-hybridized carbons (Fsp3) is 0.556. The fourth-order valence-electron chi connectivity index (χ4n) is 1.71. The molecule has 0 aliphatic carbocycles. The molecule has 0 saturated carbocycles. The number of nitrogens with zero attached hydrogens (tertiary/aromatic N) is 1. The highest BCUT2D eigenvalue weighted by Gasteiger charge is 2.41. The van der Waals surface area contributed by atoms with E-state index in [0.717, 1.165) is 10.8 Å². The Hall–Kier alpha value is -1.15. The number of H-pyrrole nitrogens is 1. The lowest BCUT2D eigenvalue weighted by Gasteiger charge is -2.16. The molecular formula is C9H11ClN2O5. The first kappa shape index (κ1) is 12.3. The first-order chi connectivity index (χ1) is 7.91. The molecular weight excluding hydrogens is 252 g/mol. The smallest absolute Gasteiger partial charge is 0.330 e. The Kier molecular flexibility index (Phi) is 3.09. The highest BCUT2D eigenvalue weighted by molar-refractivity contribution is 6.30. The van der Waals surface area contributed by atoms with Crippen LogP contribution in [0.3, 0.4) is 0 Å². The van der Waals surface area contributed by atoms with Gasteiger partial charge >= 0.3 is 5.69 Å². The maximum atomic E-state index is 11.5. The summed E-state index contributed by atoms with van der Waals surface area (Å²) in [5.41, 5.74) is -1.47. The molecule has 0 bridgehead atoms. The van der Waals surface area contributed by atoms with Gasteiger partial charge in [0.2, 0.25) is 0 Å². The van der Waals surface area contributed by atoms with Crippen molar-refractivity contribution >= 4 is 11.6 Å². The Balaban J connectivity index is 2.46. The van der Waals surface area contributed by atoms with Gasteiger partial charge in [0.1, 0.15) is 17.2 Å². The Bertz CT molecular complexity index is 539. The lowest BCUT2D eigenvalue weighted by atomic mass is 10.1. The standard InChI is InChI=1S/C9H11ClN2O5/c1-3-5(13)6(14)8(17-3)12-2-4(10)7(15)11-9(12)16/h2-3,5-6,8,13-14H,1H3,(H,11,15,16)/t3-,5+,6-,8-/m1/s1. The van der Waals surface area contributed by atoms with Gasteiger partial charge in [-0.2, -0.15) is 0 Å². The normalized spacial score (nSPS) is 32.9. The van der Waals surface area contributed by atoms with Crippen LogP contribution in [0.5, 0.6) is 0 Å². The topological polar surface area (TPSA) is 105 Å². The summed E-state index contributed by atoms with van der Waals surface area (Å²) in [5.74, 6) is 0. The van der Waals surface area contributed by atoms with E-state index in [0.29, 0.717) is 0 Å². The van der Waals surface area contributed by atoms with Gasteiger partial charge in [0.05, 0.1) is 6.10 Å². The van der Waals surface area contributed by atoms with Crippen LogP contribution in [0.25, 0.3) is 0 Å². The van der Waals surface area contributed by atoms with Gasteiger partial charge in [-0.15, -0.1) is 0 Å². The molecule has 1 aliphatic heterocycles. The maximum absolute atomic E-state index is 11.5. The molecule has 0 spiro atoms. The van der Waals surface area contributed by atoms with Gasteiger partial charge < -0.3 is 14.9 Å². The summed E-state index contributed by atoms with van der Waals surface area (Å²) < 4.78 is 6.18. The number of ether oxygens (including phenoxy) is 1. The van der Waals surface area contributed by atoms with E-state index in [4.69, 9.17) is 16.3 Å². The predicted molar refractivity (Wildman–Crippen MR) is 57.9 cm³/mol. The molecule has 0 aromatic carbocycles. The number of aromatic nitrogens is 2. The molecule has 4 atom stereocenters. The zero-order chi connectivity index (χ0) is 12.7. The molecule has 2 rings (SSSR count). The highest BCUT2D eigenvalue weighted by Crippen LogP contribution is 2.27. The average Bonchev–Trinajstić information content (AvgIpc) is 2.51.